The van der Waals surface area contributed by atoms with Crippen molar-refractivity contribution in [1.82, 2.24) is 9.80 Å². The highest BCUT2D eigenvalue weighted by molar-refractivity contribution is 5.90. The zero-order chi connectivity index (χ0) is 14.0. The first-order valence-corrected chi connectivity index (χ1v) is 6.38. The Balaban J connectivity index is 2.24. The summed E-state index contributed by atoms with van der Waals surface area (Å²) in [7, 11) is 1.77. The fourth-order valence-corrected chi connectivity index (χ4v) is 2.35. The summed E-state index contributed by atoms with van der Waals surface area (Å²) in [6.07, 6.45) is 0.598. The number of carboxylic acid groups (broad SMARTS) is 1. The van der Waals surface area contributed by atoms with Crippen LogP contribution in [0.4, 0.5) is 4.79 Å². The number of amides is 2. The van der Waals surface area contributed by atoms with Gasteiger partial charge in [-0.2, -0.15) is 0 Å². The van der Waals surface area contributed by atoms with Gasteiger partial charge in [0.2, 0.25) is 0 Å². The average molecular weight is 262 g/mol. The Bertz CT molecular complexity index is 513. The normalized spacial score (nSPS) is 13.9. The lowest BCUT2D eigenvalue weighted by molar-refractivity contribution is 0.0695. The first kappa shape index (κ1) is 13.4. The van der Waals surface area contributed by atoms with Crippen LogP contribution in [0.3, 0.4) is 0 Å². The highest BCUT2D eigenvalue weighted by Crippen LogP contribution is 2.23. The lowest BCUT2D eigenvalue weighted by atomic mass is 9.94. The van der Waals surface area contributed by atoms with Gasteiger partial charge in [0, 0.05) is 26.7 Å². The van der Waals surface area contributed by atoms with Gasteiger partial charge in [0.15, 0.2) is 0 Å². The van der Waals surface area contributed by atoms with Crippen LogP contribution in [0, 0.1) is 0 Å². The Morgan fingerprint density at radius 3 is 2.79 bits per heavy atom. The topological polar surface area (TPSA) is 60.9 Å². The molecule has 0 unspecified atom stereocenters. The van der Waals surface area contributed by atoms with Crippen molar-refractivity contribution in [1.29, 1.82) is 0 Å². The Morgan fingerprint density at radius 1 is 1.42 bits per heavy atom. The molecular weight excluding hydrogens is 244 g/mol. The summed E-state index contributed by atoms with van der Waals surface area (Å²) >= 11 is 0. The van der Waals surface area contributed by atoms with Crippen molar-refractivity contribution in [2.24, 2.45) is 0 Å². The number of carbonyl (C=O) groups excluding carboxylic acids is 1. The molecule has 1 heterocycles. The molecule has 0 spiro atoms. The molecule has 1 N–H and O–H groups in total. The van der Waals surface area contributed by atoms with Gasteiger partial charge < -0.3 is 14.9 Å². The van der Waals surface area contributed by atoms with Crippen molar-refractivity contribution in [3.63, 3.8) is 0 Å². The van der Waals surface area contributed by atoms with Crippen molar-refractivity contribution >= 4 is 12.0 Å². The van der Waals surface area contributed by atoms with Gasteiger partial charge in [0.1, 0.15) is 0 Å². The third kappa shape index (κ3) is 2.54. The summed E-state index contributed by atoms with van der Waals surface area (Å²) < 4.78 is 0. The van der Waals surface area contributed by atoms with Crippen LogP contribution in [0.15, 0.2) is 18.2 Å². The van der Waals surface area contributed by atoms with Crippen molar-refractivity contribution in [3.8, 4) is 0 Å². The van der Waals surface area contributed by atoms with Crippen LogP contribution >= 0.6 is 0 Å². The van der Waals surface area contributed by atoms with Crippen LogP contribution in [0.2, 0.25) is 0 Å². The molecule has 0 bridgehead atoms. The monoisotopic (exact) mass is 262 g/mol. The number of carboxylic acids is 1. The Labute approximate surface area is 112 Å². The molecule has 0 atom stereocenters. The number of urea groups is 1. The number of rotatable bonds is 2. The molecule has 0 fully saturated rings. The molecule has 102 valence electrons. The third-order valence-corrected chi connectivity index (χ3v) is 3.57. The number of benzene rings is 1. The van der Waals surface area contributed by atoms with Crippen LogP contribution in [0.25, 0.3) is 0 Å². The summed E-state index contributed by atoms with van der Waals surface area (Å²) in [6.45, 7) is 3.65. The molecule has 0 radical (unpaired) electrons. The number of fused-ring (bicyclic) bond motifs is 1. The SMILES string of the molecule is CCN(C)C(=O)N1CCc2c(cccc2C(=O)O)C1. The predicted molar refractivity (Wildman–Crippen MR) is 71.2 cm³/mol. The minimum absolute atomic E-state index is 0.00567. The molecule has 1 aliphatic rings. The van der Waals surface area contributed by atoms with E-state index in [0.29, 0.717) is 31.6 Å². The fraction of sp³-hybridized carbons (Fsp3) is 0.429. The van der Waals surface area contributed by atoms with Gasteiger partial charge in [-0.1, -0.05) is 12.1 Å². The summed E-state index contributed by atoms with van der Waals surface area (Å²) in [5.41, 5.74) is 2.15. The highest BCUT2D eigenvalue weighted by atomic mass is 16.4. The molecule has 2 rings (SSSR count). The van der Waals surface area contributed by atoms with E-state index in [1.165, 1.54) is 0 Å². The lowest BCUT2D eigenvalue weighted by Gasteiger charge is -2.32. The Hall–Kier alpha value is -2.04. The first-order valence-electron chi connectivity index (χ1n) is 6.38. The highest BCUT2D eigenvalue weighted by Gasteiger charge is 2.25. The Kier molecular flexibility index (Phi) is 3.74. The standard InChI is InChI=1S/C14H18N2O3/c1-3-15(2)14(19)16-8-7-11-10(9-16)5-4-6-12(11)13(17)18/h4-6H,3,7-9H2,1-2H3,(H,17,18). The second-order valence-corrected chi connectivity index (χ2v) is 4.72. The lowest BCUT2D eigenvalue weighted by Crippen LogP contribution is -2.43. The van der Waals surface area contributed by atoms with E-state index in [-0.39, 0.29) is 6.03 Å². The van der Waals surface area contributed by atoms with Gasteiger partial charge in [-0.3, -0.25) is 0 Å². The van der Waals surface area contributed by atoms with Crippen LogP contribution in [0.1, 0.15) is 28.4 Å². The van der Waals surface area contributed by atoms with Crippen LogP contribution in [0.5, 0.6) is 0 Å². The zero-order valence-electron chi connectivity index (χ0n) is 11.2. The zero-order valence-corrected chi connectivity index (χ0v) is 11.2. The van der Waals surface area contributed by atoms with Crippen LogP contribution in [-0.2, 0) is 13.0 Å². The van der Waals surface area contributed by atoms with E-state index in [4.69, 9.17) is 5.11 Å². The van der Waals surface area contributed by atoms with Crippen molar-refractivity contribution in [2.45, 2.75) is 19.9 Å². The number of hydrogen-bond donors (Lipinski definition) is 1. The number of hydrogen-bond acceptors (Lipinski definition) is 2. The van der Waals surface area contributed by atoms with Crippen molar-refractivity contribution in [3.05, 3.63) is 34.9 Å². The third-order valence-electron chi connectivity index (χ3n) is 3.57. The minimum atomic E-state index is -0.901. The van der Waals surface area contributed by atoms with Gasteiger partial charge in [-0.15, -0.1) is 0 Å². The summed E-state index contributed by atoms with van der Waals surface area (Å²) in [6, 6.07) is 5.25. The van der Waals surface area contributed by atoms with Crippen molar-refractivity contribution in [2.75, 3.05) is 20.1 Å². The fourth-order valence-electron chi connectivity index (χ4n) is 2.35. The van der Waals surface area contributed by atoms with Gasteiger partial charge >= 0.3 is 12.0 Å². The van der Waals surface area contributed by atoms with Gasteiger partial charge in [0.05, 0.1) is 5.56 Å². The second-order valence-electron chi connectivity index (χ2n) is 4.72. The summed E-state index contributed by atoms with van der Waals surface area (Å²) in [4.78, 5) is 26.7. The molecule has 0 saturated carbocycles. The molecular formula is C14H18N2O3. The molecule has 0 saturated heterocycles. The molecule has 5 nitrogen and oxygen atoms in total. The number of carbonyl (C=O) groups is 2. The predicted octanol–water partition coefficient (Wildman–Crippen LogP) is 1.81. The molecule has 1 aromatic rings. The van der Waals surface area contributed by atoms with Crippen LogP contribution < -0.4 is 0 Å². The quantitative estimate of drug-likeness (QED) is 0.884. The molecule has 1 aliphatic heterocycles. The number of nitrogens with zero attached hydrogens (tertiary/aromatic N) is 2. The maximum Gasteiger partial charge on any atom is 0.335 e. The van der Waals surface area contributed by atoms with E-state index < -0.39 is 5.97 Å². The van der Waals surface area contributed by atoms with Gasteiger partial charge in [0.25, 0.3) is 0 Å². The van der Waals surface area contributed by atoms with E-state index >= 15 is 0 Å². The minimum Gasteiger partial charge on any atom is -0.478 e. The molecule has 0 aliphatic carbocycles. The second kappa shape index (κ2) is 5.30. The average Bonchev–Trinajstić information content (AvgIpc) is 2.44. The van der Waals surface area contributed by atoms with E-state index in [9.17, 15) is 9.59 Å². The van der Waals surface area contributed by atoms with E-state index in [1.807, 2.05) is 13.0 Å². The maximum atomic E-state index is 12.1. The molecule has 19 heavy (non-hydrogen) atoms. The molecule has 5 heteroatoms. The number of aromatic carboxylic acids is 1. The van der Waals surface area contributed by atoms with Gasteiger partial charge in [-0.25, -0.2) is 9.59 Å². The van der Waals surface area contributed by atoms with Crippen LogP contribution in [-0.4, -0.2) is 47.0 Å². The molecule has 0 aromatic heterocycles. The summed E-state index contributed by atoms with van der Waals surface area (Å²) in [5, 5.41) is 9.15. The van der Waals surface area contributed by atoms with Gasteiger partial charge in [-0.05, 0) is 30.5 Å². The maximum absolute atomic E-state index is 12.1. The molecule has 1 aromatic carbocycles. The Morgan fingerprint density at radius 2 is 2.16 bits per heavy atom. The first-order chi connectivity index (χ1) is 9.04. The van der Waals surface area contributed by atoms with E-state index in [2.05, 4.69) is 0 Å². The summed E-state index contributed by atoms with van der Waals surface area (Å²) in [5.74, 6) is -0.901. The van der Waals surface area contributed by atoms with Crippen molar-refractivity contribution < 1.29 is 14.7 Å². The largest absolute Gasteiger partial charge is 0.478 e. The van der Waals surface area contributed by atoms with E-state index in [0.717, 1.165) is 11.1 Å². The smallest absolute Gasteiger partial charge is 0.335 e. The van der Waals surface area contributed by atoms with E-state index in [1.54, 1.807) is 29.0 Å². The molecule has 2 amide bonds.